The van der Waals surface area contributed by atoms with Crippen LogP contribution in [-0.4, -0.2) is 16.6 Å². The average molecular weight is 262 g/mol. The van der Waals surface area contributed by atoms with Gasteiger partial charge in [-0.2, -0.15) is 4.98 Å². The summed E-state index contributed by atoms with van der Waals surface area (Å²) in [5.41, 5.74) is 1.21. The van der Waals surface area contributed by atoms with Crippen LogP contribution in [0.2, 0.25) is 5.28 Å². The topological polar surface area (TPSA) is 38.2 Å². The van der Waals surface area contributed by atoms with Gasteiger partial charge in [-0.15, -0.1) is 0 Å². The van der Waals surface area contributed by atoms with Crippen molar-refractivity contribution in [2.75, 3.05) is 11.7 Å². The normalized spacial score (nSPS) is 19.2. The van der Waals surface area contributed by atoms with Crippen molar-refractivity contribution < 1.29 is 4.84 Å². The van der Waals surface area contributed by atoms with Crippen molar-refractivity contribution in [3.63, 3.8) is 0 Å². The highest BCUT2D eigenvalue weighted by molar-refractivity contribution is 6.28. The lowest BCUT2D eigenvalue weighted by atomic mass is 10.0. The van der Waals surface area contributed by atoms with Crippen molar-refractivity contribution >= 4 is 17.4 Å². The van der Waals surface area contributed by atoms with Gasteiger partial charge in [0.25, 0.3) is 0 Å². The van der Waals surface area contributed by atoms with Gasteiger partial charge in [-0.05, 0) is 17.2 Å². The van der Waals surface area contributed by atoms with E-state index in [4.69, 9.17) is 16.4 Å². The van der Waals surface area contributed by atoms with Gasteiger partial charge in [-0.3, -0.25) is 4.84 Å². The van der Waals surface area contributed by atoms with E-state index in [1.807, 2.05) is 23.3 Å². The van der Waals surface area contributed by atoms with Gasteiger partial charge < -0.3 is 0 Å². The second kappa shape index (κ2) is 4.92. The Hall–Kier alpha value is -1.65. The number of anilines is 1. The Kier molecular flexibility index (Phi) is 3.13. The molecule has 1 atom stereocenters. The van der Waals surface area contributed by atoms with Crippen molar-refractivity contribution in [3.8, 4) is 0 Å². The summed E-state index contributed by atoms with van der Waals surface area (Å²) in [6.45, 7) is 0.682. The zero-order valence-electron chi connectivity index (χ0n) is 9.66. The number of benzene rings is 1. The van der Waals surface area contributed by atoms with Crippen LogP contribution in [0.5, 0.6) is 0 Å². The molecule has 0 saturated carbocycles. The zero-order valence-corrected chi connectivity index (χ0v) is 10.4. The largest absolute Gasteiger partial charge is 0.271 e. The highest BCUT2D eigenvalue weighted by Crippen LogP contribution is 2.33. The molecule has 4 nitrogen and oxygen atoms in total. The third kappa shape index (κ3) is 2.17. The molecule has 1 aliphatic heterocycles. The number of hydrogen-bond acceptors (Lipinski definition) is 4. The van der Waals surface area contributed by atoms with E-state index >= 15 is 0 Å². The monoisotopic (exact) mass is 261 g/mol. The molecule has 2 heterocycles. The first kappa shape index (κ1) is 11.4. The van der Waals surface area contributed by atoms with E-state index in [1.165, 1.54) is 5.56 Å². The molecule has 92 valence electrons. The second-order valence-corrected chi connectivity index (χ2v) is 4.40. The Morgan fingerprint density at radius 1 is 1.22 bits per heavy atom. The summed E-state index contributed by atoms with van der Waals surface area (Å²) < 4.78 is 0. The third-order valence-corrected chi connectivity index (χ3v) is 3.11. The summed E-state index contributed by atoms with van der Waals surface area (Å²) in [6, 6.07) is 12.2. The molecule has 5 heteroatoms. The van der Waals surface area contributed by atoms with E-state index in [9.17, 15) is 0 Å². The minimum absolute atomic E-state index is 0.178. The standard InChI is InChI=1S/C13H12ClN3O/c14-13-15-8-6-12(16-13)17-11(7-9-18-17)10-4-2-1-3-5-10/h1-6,8,11H,7,9H2. The minimum Gasteiger partial charge on any atom is -0.271 e. The van der Waals surface area contributed by atoms with Gasteiger partial charge in [0, 0.05) is 18.7 Å². The number of aromatic nitrogens is 2. The molecule has 3 rings (SSSR count). The Morgan fingerprint density at radius 2 is 2.06 bits per heavy atom. The lowest BCUT2D eigenvalue weighted by Gasteiger charge is -2.23. The highest BCUT2D eigenvalue weighted by atomic mass is 35.5. The molecule has 1 aromatic heterocycles. The van der Waals surface area contributed by atoms with Crippen LogP contribution in [0.3, 0.4) is 0 Å². The van der Waals surface area contributed by atoms with Gasteiger partial charge in [-0.25, -0.2) is 10.0 Å². The predicted molar refractivity (Wildman–Crippen MR) is 69.3 cm³/mol. The summed E-state index contributed by atoms with van der Waals surface area (Å²) in [7, 11) is 0. The summed E-state index contributed by atoms with van der Waals surface area (Å²) in [5.74, 6) is 0.696. The van der Waals surface area contributed by atoms with Crippen molar-refractivity contribution in [1.29, 1.82) is 0 Å². The van der Waals surface area contributed by atoms with Crippen LogP contribution in [-0.2, 0) is 4.84 Å². The molecular weight excluding hydrogens is 250 g/mol. The molecule has 0 radical (unpaired) electrons. The molecule has 0 bridgehead atoms. The quantitative estimate of drug-likeness (QED) is 0.779. The van der Waals surface area contributed by atoms with E-state index in [2.05, 4.69) is 22.1 Å². The molecule has 1 unspecified atom stereocenters. The SMILES string of the molecule is Clc1nccc(N2OCCC2c2ccccc2)n1. The number of rotatable bonds is 2. The average Bonchev–Trinajstić information content (AvgIpc) is 2.89. The number of nitrogens with zero attached hydrogens (tertiary/aromatic N) is 3. The van der Waals surface area contributed by atoms with Gasteiger partial charge in [-0.1, -0.05) is 30.3 Å². The molecule has 0 amide bonds. The fourth-order valence-corrected chi connectivity index (χ4v) is 2.26. The third-order valence-electron chi connectivity index (χ3n) is 2.93. The molecule has 1 aromatic carbocycles. The van der Waals surface area contributed by atoms with Gasteiger partial charge in [0.2, 0.25) is 5.28 Å². The molecule has 0 aliphatic carbocycles. The van der Waals surface area contributed by atoms with E-state index in [0.29, 0.717) is 12.4 Å². The number of hydroxylamine groups is 1. The fraction of sp³-hybridized carbons (Fsp3) is 0.231. The first-order valence-corrected chi connectivity index (χ1v) is 6.18. The summed E-state index contributed by atoms with van der Waals surface area (Å²) in [6.07, 6.45) is 2.57. The van der Waals surface area contributed by atoms with Crippen LogP contribution in [0.1, 0.15) is 18.0 Å². The molecule has 0 N–H and O–H groups in total. The molecule has 1 fully saturated rings. The predicted octanol–water partition coefficient (Wildman–Crippen LogP) is 3.01. The van der Waals surface area contributed by atoms with Crippen molar-refractivity contribution in [2.45, 2.75) is 12.5 Å². The van der Waals surface area contributed by atoms with Crippen molar-refractivity contribution in [3.05, 3.63) is 53.4 Å². The van der Waals surface area contributed by atoms with Gasteiger partial charge in [0.1, 0.15) is 0 Å². The lowest BCUT2D eigenvalue weighted by molar-refractivity contribution is 0.157. The van der Waals surface area contributed by atoms with E-state index in [0.717, 1.165) is 6.42 Å². The van der Waals surface area contributed by atoms with E-state index < -0.39 is 0 Å². The van der Waals surface area contributed by atoms with Crippen LogP contribution in [0.15, 0.2) is 42.6 Å². The maximum Gasteiger partial charge on any atom is 0.224 e. The second-order valence-electron chi connectivity index (χ2n) is 4.06. The number of hydrogen-bond donors (Lipinski definition) is 0. The van der Waals surface area contributed by atoms with Gasteiger partial charge in [0.15, 0.2) is 5.82 Å². The fourth-order valence-electron chi connectivity index (χ4n) is 2.12. The maximum absolute atomic E-state index is 5.81. The van der Waals surface area contributed by atoms with E-state index in [-0.39, 0.29) is 11.3 Å². The van der Waals surface area contributed by atoms with E-state index in [1.54, 1.807) is 12.3 Å². The molecular formula is C13H12ClN3O. The molecule has 1 aliphatic rings. The molecule has 2 aromatic rings. The van der Waals surface area contributed by atoms with Crippen LogP contribution < -0.4 is 5.06 Å². The summed E-state index contributed by atoms with van der Waals surface area (Å²) in [4.78, 5) is 13.7. The minimum atomic E-state index is 0.178. The van der Waals surface area contributed by atoms with Crippen LogP contribution >= 0.6 is 11.6 Å². The molecule has 1 saturated heterocycles. The summed E-state index contributed by atoms with van der Waals surface area (Å²) >= 11 is 5.81. The highest BCUT2D eigenvalue weighted by Gasteiger charge is 2.28. The Morgan fingerprint density at radius 3 is 2.83 bits per heavy atom. The molecule has 0 spiro atoms. The van der Waals surface area contributed by atoms with Gasteiger partial charge >= 0.3 is 0 Å². The first-order chi connectivity index (χ1) is 8.84. The van der Waals surface area contributed by atoms with Crippen LogP contribution in [0, 0.1) is 0 Å². The lowest BCUT2D eigenvalue weighted by Crippen LogP contribution is -2.22. The summed E-state index contributed by atoms with van der Waals surface area (Å²) in [5, 5.41) is 2.04. The van der Waals surface area contributed by atoms with Crippen molar-refractivity contribution in [2.24, 2.45) is 0 Å². The Labute approximate surface area is 110 Å². The maximum atomic E-state index is 5.81. The Balaban J connectivity index is 1.92. The Bertz CT molecular complexity index is 535. The van der Waals surface area contributed by atoms with Crippen molar-refractivity contribution in [1.82, 2.24) is 9.97 Å². The van der Waals surface area contributed by atoms with Crippen LogP contribution in [0.4, 0.5) is 5.82 Å². The first-order valence-electron chi connectivity index (χ1n) is 5.80. The van der Waals surface area contributed by atoms with Crippen LogP contribution in [0.25, 0.3) is 0 Å². The van der Waals surface area contributed by atoms with Gasteiger partial charge in [0.05, 0.1) is 12.6 Å². The zero-order chi connectivity index (χ0) is 12.4. The number of halogens is 1. The smallest absolute Gasteiger partial charge is 0.224 e. The molecule has 18 heavy (non-hydrogen) atoms.